The van der Waals surface area contributed by atoms with Crippen molar-refractivity contribution >= 4 is 26.7 Å². The third-order valence-corrected chi connectivity index (χ3v) is 7.46. The Kier molecular flexibility index (Phi) is 5.32. The highest BCUT2D eigenvalue weighted by atomic mass is 32.2. The summed E-state index contributed by atoms with van der Waals surface area (Å²) in [5.41, 5.74) is 3.39. The maximum Gasteiger partial charge on any atom is 0.290 e. The third-order valence-electron chi connectivity index (χ3n) is 5.71. The molecule has 7 heteroatoms. The van der Waals surface area contributed by atoms with Gasteiger partial charge in [0.1, 0.15) is 11.3 Å². The molecule has 1 unspecified atom stereocenters. The molecular formula is C23H25NO5S. The zero-order valence-electron chi connectivity index (χ0n) is 17.3. The number of fused-ring (bicyclic) bond motifs is 1. The van der Waals surface area contributed by atoms with Crippen LogP contribution in [0.5, 0.6) is 5.75 Å². The summed E-state index contributed by atoms with van der Waals surface area (Å²) in [5.74, 6) is 0.798. The highest BCUT2D eigenvalue weighted by Crippen LogP contribution is 2.30. The van der Waals surface area contributed by atoms with E-state index in [2.05, 4.69) is 0 Å². The number of furan rings is 1. The first kappa shape index (κ1) is 20.5. The first-order valence-electron chi connectivity index (χ1n) is 9.91. The lowest BCUT2D eigenvalue weighted by molar-refractivity contribution is 0.0649. The van der Waals surface area contributed by atoms with Gasteiger partial charge in [-0.15, -0.1) is 0 Å². The molecule has 0 bridgehead atoms. The minimum Gasteiger partial charge on any atom is -0.497 e. The molecule has 1 atom stereocenters. The fourth-order valence-electron chi connectivity index (χ4n) is 3.98. The second kappa shape index (κ2) is 7.80. The molecule has 0 radical (unpaired) electrons. The van der Waals surface area contributed by atoms with Crippen LogP contribution in [0.25, 0.3) is 11.0 Å². The van der Waals surface area contributed by atoms with Gasteiger partial charge in [-0.2, -0.15) is 0 Å². The lowest BCUT2D eigenvalue weighted by Crippen LogP contribution is -2.40. The normalized spacial score (nSPS) is 17.9. The van der Waals surface area contributed by atoms with E-state index in [4.69, 9.17) is 9.15 Å². The van der Waals surface area contributed by atoms with Crippen LogP contribution >= 0.6 is 0 Å². The van der Waals surface area contributed by atoms with Gasteiger partial charge in [-0.1, -0.05) is 24.3 Å². The fraction of sp³-hybridized carbons (Fsp3) is 0.348. The number of sulfone groups is 1. The van der Waals surface area contributed by atoms with Gasteiger partial charge in [0, 0.05) is 23.5 Å². The second-order valence-corrected chi connectivity index (χ2v) is 10.1. The summed E-state index contributed by atoms with van der Waals surface area (Å²) >= 11 is 0. The topological polar surface area (TPSA) is 76.8 Å². The summed E-state index contributed by atoms with van der Waals surface area (Å²) in [6.07, 6.45) is 0.433. The van der Waals surface area contributed by atoms with Crippen LogP contribution in [0.3, 0.4) is 0 Å². The van der Waals surface area contributed by atoms with Crippen LogP contribution in [0.4, 0.5) is 0 Å². The van der Waals surface area contributed by atoms with Crippen molar-refractivity contribution in [3.63, 3.8) is 0 Å². The maximum absolute atomic E-state index is 13.6. The molecule has 0 saturated carbocycles. The van der Waals surface area contributed by atoms with Crippen molar-refractivity contribution in [2.75, 3.05) is 18.6 Å². The average molecular weight is 428 g/mol. The van der Waals surface area contributed by atoms with Gasteiger partial charge in [0.15, 0.2) is 15.6 Å². The van der Waals surface area contributed by atoms with Crippen molar-refractivity contribution in [1.82, 2.24) is 4.90 Å². The highest BCUT2D eigenvalue weighted by Gasteiger charge is 2.36. The van der Waals surface area contributed by atoms with Crippen molar-refractivity contribution in [2.45, 2.75) is 32.9 Å². The molecule has 0 N–H and O–H groups in total. The van der Waals surface area contributed by atoms with Gasteiger partial charge >= 0.3 is 0 Å². The van der Waals surface area contributed by atoms with E-state index in [0.29, 0.717) is 18.5 Å². The number of amides is 1. The largest absolute Gasteiger partial charge is 0.497 e. The lowest BCUT2D eigenvalue weighted by Gasteiger charge is -2.28. The van der Waals surface area contributed by atoms with E-state index in [0.717, 1.165) is 27.8 Å². The molecule has 4 rings (SSSR count). The first-order valence-corrected chi connectivity index (χ1v) is 11.7. The number of aryl methyl sites for hydroxylation is 2. The van der Waals surface area contributed by atoms with Crippen LogP contribution in [0.15, 0.2) is 46.9 Å². The van der Waals surface area contributed by atoms with E-state index in [1.807, 2.05) is 56.3 Å². The lowest BCUT2D eigenvalue weighted by atomic mass is 10.1. The van der Waals surface area contributed by atoms with Crippen molar-refractivity contribution in [3.8, 4) is 5.75 Å². The Hall–Kier alpha value is -2.80. The van der Waals surface area contributed by atoms with Crippen LogP contribution in [0.2, 0.25) is 0 Å². The third kappa shape index (κ3) is 3.94. The number of carbonyl (C=O) groups is 1. The van der Waals surface area contributed by atoms with Gasteiger partial charge in [-0.3, -0.25) is 4.79 Å². The van der Waals surface area contributed by atoms with Crippen molar-refractivity contribution in [1.29, 1.82) is 0 Å². The first-order chi connectivity index (χ1) is 14.3. The Morgan fingerprint density at radius 2 is 1.90 bits per heavy atom. The van der Waals surface area contributed by atoms with E-state index in [-0.39, 0.29) is 29.2 Å². The summed E-state index contributed by atoms with van der Waals surface area (Å²) < 4.78 is 35.4. The fourth-order valence-corrected chi connectivity index (χ4v) is 5.71. The summed E-state index contributed by atoms with van der Waals surface area (Å²) in [4.78, 5) is 15.2. The molecule has 1 amide bonds. The molecular weight excluding hydrogens is 402 g/mol. The number of rotatable bonds is 5. The quantitative estimate of drug-likeness (QED) is 0.617. The van der Waals surface area contributed by atoms with Gasteiger partial charge in [-0.05, 0) is 49.6 Å². The van der Waals surface area contributed by atoms with Gasteiger partial charge in [0.05, 0.1) is 18.6 Å². The number of nitrogens with zero attached hydrogens (tertiary/aromatic N) is 1. The Morgan fingerprint density at radius 3 is 2.53 bits per heavy atom. The molecule has 0 aliphatic carbocycles. The molecule has 0 spiro atoms. The van der Waals surface area contributed by atoms with Gasteiger partial charge in [0.2, 0.25) is 0 Å². The number of methoxy groups -OCH3 is 1. The Bertz CT molecular complexity index is 1190. The van der Waals surface area contributed by atoms with Crippen LogP contribution in [0.1, 0.15) is 33.7 Å². The zero-order valence-corrected chi connectivity index (χ0v) is 18.2. The Balaban J connectivity index is 1.71. The number of hydrogen-bond acceptors (Lipinski definition) is 5. The minimum absolute atomic E-state index is 0.0206. The van der Waals surface area contributed by atoms with E-state index < -0.39 is 9.84 Å². The van der Waals surface area contributed by atoms with Crippen LogP contribution < -0.4 is 4.74 Å². The van der Waals surface area contributed by atoms with Gasteiger partial charge in [0.25, 0.3) is 5.91 Å². The second-order valence-electron chi connectivity index (χ2n) is 7.89. The molecule has 1 fully saturated rings. The number of ether oxygens (including phenoxy) is 1. The summed E-state index contributed by atoms with van der Waals surface area (Å²) in [6, 6.07) is 12.9. The van der Waals surface area contributed by atoms with Crippen molar-refractivity contribution < 1.29 is 22.4 Å². The number of hydrogen-bond donors (Lipinski definition) is 0. The molecule has 1 aliphatic heterocycles. The average Bonchev–Trinajstić information content (AvgIpc) is 3.24. The van der Waals surface area contributed by atoms with Crippen LogP contribution in [0, 0.1) is 13.8 Å². The molecule has 1 saturated heterocycles. The minimum atomic E-state index is -3.14. The Morgan fingerprint density at radius 1 is 1.17 bits per heavy atom. The zero-order chi connectivity index (χ0) is 21.5. The molecule has 1 aliphatic rings. The van der Waals surface area contributed by atoms with Crippen LogP contribution in [-0.2, 0) is 16.4 Å². The maximum atomic E-state index is 13.6. The smallest absolute Gasteiger partial charge is 0.290 e. The van der Waals surface area contributed by atoms with Crippen LogP contribution in [-0.4, -0.2) is 43.9 Å². The molecule has 1 aromatic heterocycles. The van der Waals surface area contributed by atoms with Crippen molar-refractivity contribution in [3.05, 3.63) is 64.9 Å². The van der Waals surface area contributed by atoms with Gasteiger partial charge in [-0.25, -0.2) is 8.42 Å². The molecule has 30 heavy (non-hydrogen) atoms. The molecule has 2 heterocycles. The van der Waals surface area contributed by atoms with Crippen molar-refractivity contribution in [2.24, 2.45) is 0 Å². The predicted octanol–water partition coefficient (Wildman–Crippen LogP) is 3.89. The summed E-state index contributed by atoms with van der Waals surface area (Å²) in [5, 5.41) is 0.896. The van der Waals surface area contributed by atoms with E-state index in [9.17, 15) is 13.2 Å². The molecule has 3 aromatic rings. The Labute approximate surface area is 176 Å². The summed E-state index contributed by atoms with van der Waals surface area (Å²) in [6.45, 7) is 4.14. The summed E-state index contributed by atoms with van der Waals surface area (Å²) in [7, 11) is -1.55. The number of benzene rings is 2. The van der Waals surface area contributed by atoms with E-state index in [1.165, 1.54) is 0 Å². The van der Waals surface area contributed by atoms with E-state index >= 15 is 0 Å². The highest BCUT2D eigenvalue weighted by molar-refractivity contribution is 7.91. The van der Waals surface area contributed by atoms with Gasteiger partial charge < -0.3 is 14.1 Å². The van der Waals surface area contributed by atoms with E-state index in [1.54, 1.807) is 12.0 Å². The standard InChI is InChI=1S/C23H25NO5S/c1-15-4-9-20-16(2)22(29-21(20)12-15)23(25)24(18-10-11-30(26,27)14-18)13-17-5-7-19(28-3)8-6-17/h4-9,12,18H,10-11,13-14H2,1-3H3. The number of carbonyl (C=O) groups excluding carboxylic acids is 1. The predicted molar refractivity (Wildman–Crippen MR) is 116 cm³/mol. The molecule has 158 valence electrons. The monoisotopic (exact) mass is 427 g/mol. The molecule has 6 nitrogen and oxygen atoms in total. The SMILES string of the molecule is COc1ccc(CN(C(=O)c2oc3cc(C)ccc3c2C)C2CCS(=O)(=O)C2)cc1. The molecule has 2 aromatic carbocycles.